The smallest absolute Gasteiger partial charge is 0.225 e. The van der Waals surface area contributed by atoms with Gasteiger partial charge in [0.1, 0.15) is 0 Å². The Labute approximate surface area is 153 Å². The molecule has 139 valence electrons. The first-order chi connectivity index (χ1) is 12.0. The molecule has 1 aromatic carbocycles. The maximum absolute atomic E-state index is 12.7. The van der Waals surface area contributed by atoms with Crippen LogP contribution in [0.1, 0.15) is 58.4 Å². The third-order valence-corrected chi connectivity index (χ3v) is 5.47. The topological polar surface area (TPSA) is 49.3 Å². The maximum atomic E-state index is 12.7. The predicted octanol–water partition coefficient (Wildman–Crippen LogP) is 4.15. The number of carbonyl (C=O) groups excluding carboxylic acids is 1. The van der Waals surface area contributed by atoms with E-state index in [1.165, 1.54) is 18.4 Å². The largest absolute Gasteiger partial charge is 0.392 e. The Morgan fingerprint density at radius 2 is 2.00 bits per heavy atom. The highest BCUT2D eigenvalue weighted by molar-refractivity contribution is 5.79. The lowest BCUT2D eigenvalue weighted by molar-refractivity contribution is -0.130. The van der Waals surface area contributed by atoms with Crippen LogP contribution in [0.2, 0.25) is 0 Å². The summed E-state index contributed by atoms with van der Waals surface area (Å²) in [7, 11) is 0. The molecule has 1 aliphatic rings. The summed E-state index contributed by atoms with van der Waals surface area (Å²) in [5, 5.41) is 13.9. The van der Waals surface area contributed by atoms with Crippen LogP contribution < -0.4 is 5.32 Å². The van der Waals surface area contributed by atoms with Crippen LogP contribution in [0.15, 0.2) is 30.3 Å². The summed E-state index contributed by atoms with van der Waals surface area (Å²) in [4.78, 5) is 12.7. The van der Waals surface area contributed by atoms with E-state index >= 15 is 0 Å². The van der Waals surface area contributed by atoms with Gasteiger partial charge >= 0.3 is 0 Å². The molecule has 1 amide bonds. The Bertz CT molecular complexity index is 512. The number of amides is 1. The Balaban J connectivity index is 1.96. The zero-order valence-corrected chi connectivity index (χ0v) is 15.9. The summed E-state index contributed by atoms with van der Waals surface area (Å²) >= 11 is 0. The van der Waals surface area contributed by atoms with Crippen LogP contribution in [0.4, 0.5) is 0 Å². The van der Waals surface area contributed by atoms with E-state index in [1.807, 2.05) is 26.3 Å². The second kappa shape index (κ2) is 9.96. The van der Waals surface area contributed by atoms with Gasteiger partial charge in [-0.1, -0.05) is 63.4 Å². The average molecular weight is 345 g/mol. The minimum atomic E-state index is -0.557. The summed E-state index contributed by atoms with van der Waals surface area (Å²) in [6.45, 7) is 6.09. The zero-order valence-electron chi connectivity index (χ0n) is 15.9. The fraction of sp³-hybridized carbons (Fsp3) is 0.636. The summed E-state index contributed by atoms with van der Waals surface area (Å²) in [6.07, 6.45) is 7.32. The highest BCUT2D eigenvalue weighted by Crippen LogP contribution is 2.37. The SMILES string of the molecule is C[CH]C(C)NC(=O)[C@H](CC1CC1)[C@@H](O)CC(CC)Cc1ccccc1. The lowest BCUT2D eigenvalue weighted by atomic mass is 9.84. The summed E-state index contributed by atoms with van der Waals surface area (Å²) in [6, 6.07) is 10.5. The van der Waals surface area contributed by atoms with Gasteiger partial charge in [-0.25, -0.2) is 0 Å². The number of nitrogens with one attached hydrogen (secondary N) is 1. The van der Waals surface area contributed by atoms with E-state index in [4.69, 9.17) is 0 Å². The van der Waals surface area contributed by atoms with Crippen molar-refractivity contribution in [2.24, 2.45) is 17.8 Å². The molecule has 1 aromatic rings. The Morgan fingerprint density at radius 1 is 1.32 bits per heavy atom. The van der Waals surface area contributed by atoms with E-state index < -0.39 is 6.10 Å². The van der Waals surface area contributed by atoms with Crippen LogP contribution in [0.5, 0.6) is 0 Å². The molecule has 2 rings (SSSR count). The van der Waals surface area contributed by atoms with Crippen LogP contribution in [-0.2, 0) is 11.2 Å². The van der Waals surface area contributed by atoms with Crippen molar-refractivity contribution in [2.45, 2.75) is 71.4 Å². The highest BCUT2D eigenvalue weighted by atomic mass is 16.3. The normalized spacial score (nSPS) is 19.0. The fourth-order valence-electron chi connectivity index (χ4n) is 3.41. The lowest BCUT2D eigenvalue weighted by Crippen LogP contribution is -2.42. The second-order valence-electron chi connectivity index (χ2n) is 7.68. The van der Waals surface area contributed by atoms with E-state index in [1.54, 1.807) is 0 Å². The predicted molar refractivity (Wildman–Crippen MR) is 103 cm³/mol. The van der Waals surface area contributed by atoms with Gasteiger partial charge in [0.25, 0.3) is 0 Å². The van der Waals surface area contributed by atoms with Gasteiger partial charge in [0.2, 0.25) is 5.91 Å². The van der Waals surface area contributed by atoms with Gasteiger partial charge < -0.3 is 10.4 Å². The maximum Gasteiger partial charge on any atom is 0.225 e. The summed E-state index contributed by atoms with van der Waals surface area (Å²) < 4.78 is 0. The molecule has 0 spiro atoms. The van der Waals surface area contributed by atoms with Crippen molar-refractivity contribution in [3.8, 4) is 0 Å². The Morgan fingerprint density at radius 3 is 2.56 bits per heavy atom. The van der Waals surface area contributed by atoms with Gasteiger partial charge in [0.05, 0.1) is 12.0 Å². The quantitative estimate of drug-likeness (QED) is 0.633. The lowest BCUT2D eigenvalue weighted by Gasteiger charge is -2.27. The first-order valence-electron chi connectivity index (χ1n) is 9.85. The monoisotopic (exact) mass is 344 g/mol. The van der Waals surface area contributed by atoms with Crippen LogP contribution in [0, 0.1) is 24.2 Å². The van der Waals surface area contributed by atoms with E-state index in [-0.39, 0.29) is 17.9 Å². The molecule has 2 N–H and O–H groups in total. The second-order valence-corrected chi connectivity index (χ2v) is 7.68. The van der Waals surface area contributed by atoms with Crippen molar-refractivity contribution in [1.29, 1.82) is 0 Å². The molecule has 0 bridgehead atoms. The third-order valence-electron chi connectivity index (χ3n) is 5.47. The molecular formula is C22H34NO2. The molecule has 4 atom stereocenters. The molecule has 1 aliphatic carbocycles. The van der Waals surface area contributed by atoms with Crippen LogP contribution in [0.3, 0.4) is 0 Å². The molecule has 25 heavy (non-hydrogen) atoms. The van der Waals surface area contributed by atoms with Crippen molar-refractivity contribution >= 4 is 5.91 Å². The minimum absolute atomic E-state index is 0.0135. The van der Waals surface area contributed by atoms with Crippen molar-refractivity contribution in [2.75, 3.05) is 0 Å². The highest BCUT2D eigenvalue weighted by Gasteiger charge is 2.35. The number of rotatable bonds is 11. The van der Waals surface area contributed by atoms with Crippen LogP contribution in [0.25, 0.3) is 0 Å². The van der Waals surface area contributed by atoms with Crippen LogP contribution in [-0.4, -0.2) is 23.2 Å². The number of carbonyl (C=O) groups is 1. The molecule has 1 fully saturated rings. The first-order valence-corrected chi connectivity index (χ1v) is 9.85. The number of hydrogen-bond donors (Lipinski definition) is 2. The fourth-order valence-corrected chi connectivity index (χ4v) is 3.41. The van der Waals surface area contributed by atoms with E-state index in [0.29, 0.717) is 18.3 Å². The number of aliphatic hydroxyl groups is 1. The molecular weight excluding hydrogens is 310 g/mol. The first kappa shape index (κ1) is 20.0. The van der Waals surface area contributed by atoms with E-state index in [9.17, 15) is 9.90 Å². The van der Waals surface area contributed by atoms with Gasteiger partial charge in [-0.2, -0.15) is 0 Å². The van der Waals surface area contributed by atoms with Gasteiger partial charge in [-0.05, 0) is 50.0 Å². The number of aliphatic hydroxyl groups excluding tert-OH is 1. The van der Waals surface area contributed by atoms with Crippen molar-refractivity contribution in [1.82, 2.24) is 5.32 Å². The summed E-state index contributed by atoms with van der Waals surface area (Å²) in [5.41, 5.74) is 1.30. The van der Waals surface area contributed by atoms with Crippen molar-refractivity contribution in [3.05, 3.63) is 42.3 Å². The molecule has 0 saturated heterocycles. The van der Waals surface area contributed by atoms with E-state index in [0.717, 1.165) is 19.3 Å². The number of benzene rings is 1. The molecule has 1 saturated carbocycles. The van der Waals surface area contributed by atoms with Gasteiger partial charge in [-0.3, -0.25) is 4.79 Å². The standard InChI is InChI=1S/C22H34NO2/c1-4-16(3)23-22(25)20(14-19-11-12-19)21(24)15-17(5-2)13-18-9-7-6-8-10-18/h4,6-10,16-17,19-21,24H,5,11-15H2,1-3H3,(H,23,25)/t16?,17?,20-,21+/m1/s1. The van der Waals surface area contributed by atoms with E-state index in [2.05, 4.69) is 36.5 Å². The molecule has 1 radical (unpaired) electrons. The van der Waals surface area contributed by atoms with Gasteiger partial charge in [0, 0.05) is 6.04 Å². The molecule has 3 nitrogen and oxygen atoms in total. The zero-order chi connectivity index (χ0) is 18.2. The number of hydrogen-bond acceptors (Lipinski definition) is 2. The minimum Gasteiger partial charge on any atom is -0.392 e. The van der Waals surface area contributed by atoms with Crippen molar-refractivity contribution < 1.29 is 9.90 Å². The third kappa shape index (κ3) is 6.81. The van der Waals surface area contributed by atoms with Crippen molar-refractivity contribution in [3.63, 3.8) is 0 Å². The molecule has 2 unspecified atom stereocenters. The molecule has 0 aromatic heterocycles. The molecule has 0 heterocycles. The van der Waals surface area contributed by atoms with Gasteiger partial charge in [-0.15, -0.1) is 0 Å². The summed E-state index contributed by atoms with van der Waals surface area (Å²) in [5.74, 6) is 0.766. The molecule has 3 heteroatoms. The molecule has 0 aliphatic heterocycles. The van der Waals surface area contributed by atoms with Gasteiger partial charge in [0.15, 0.2) is 0 Å². The van der Waals surface area contributed by atoms with Crippen LogP contribution >= 0.6 is 0 Å². The Hall–Kier alpha value is -1.35. The average Bonchev–Trinajstić information content (AvgIpc) is 3.43. The Kier molecular flexibility index (Phi) is 7.95.